The van der Waals surface area contributed by atoms with Crippen LogP contribution >= 0.6 is 0 Å². The summed E-state index contributed by atoms with van der Waals surface area (Å²) in [5.74, 6) is 2.14. The SMILES string of the molecule is COc1ccc(Cc2c(C)nc(NC/C=C\COc3cccc(CN4CCCCC4)c3)[nH]c2=O)cc1. The van der Waals surface area contributed by atoms with E-state index in [0.29, 0.717) is 36.8 Å². The smallest absolute Gasteiger partial charge is 0.256 e. The molecule has 1 aliphatic heterocycles. The highest BCUT2D eigenvalue weighted by atomic mass is 16.5. The fraction of sp³-hybridized carbons (Fsp3) is 0.379. The molecule has 2 heterocycles. The molecule has 0 radical (unpaired) electrons. The van der Waals surface area contributed by atoms with Crippen molar-refractivity contribution < 1.29 is 9.47 Å². The second kappa shape index (κ2) is 12.9. The van der Waals surface area contributed by atoms with Crippen LogP contribution in [0.2, 0.25) is 0 Å². The van der Waals surface area contributed by atoms with Crippen molar-refractivity contribution in [3.8, 4) is 11.5 Å². The van der Waals surface area contributed by atoms with E-state index in [9.17, 15) is 4.79 Å². The van der Waals surface area contributed by atoms with Gasteiger partial charge < -0.3 is 14.8 Å². The maximum absolute atomic E-state index is 12.6. The second-order valence-electron chi connectivity index (χ2n) is 9.15. The fourth-order valence-corrected chi connectivity index (χ4v) is 4.41. The standard InChI is InChI=1S/C29H36N4O3/c1-22-27(20-23-11-13-25(35-2)14-12-23)28(34)32-29(31-22)30-15-4-7-18-36-26-10-8-9-24(19-26)21-33-16-5-3-6-17-33/h4,7-14,19H,3,5-6,15-18,20-21H2,1-2H3,(H2,30,31,32,34)/b7-4-. The first-order valence-corrected chi connectivity index (χ1v) is 12.7. The van der Waals surface area contributed by atoms with Gasteiger partial charge in [0.15, 0.2) is 0 Å². The van der Waals surface area contributed by atoms with Crippen LogP contribution in [0.15, 0.2) is 65.5 Å². The van der Waals surface area contributed by atoms with Crippen LogP contribution < -0.4 is 20.3 Å². The highest BCUT2D eigenvalue weighted by Gasteiger charge is 2.11. The summed E-state index contributed by atoms with van der Waals surface area (Å²) in [6.07, 6.45) is 8.40. The predicted molar refractivity (Wildman–Crippen MR) is 144 cm³/mol. The van der Waals surface area contributed by atoms with Gasteiger partial charge in [-0.3, -0.25) is 14.7 Å². The van der Waals surface area contributed by atoms with E-state index < -0.39 is 0 Å². The topological polar surface area (TPSA) is 79.5 Å². The number of nitrogens with one attached hydrogen (secondary N) is 2. The number of hydrogen-bond donors (Lipinski definition) is 2. The molecule has 1 aliphatic rings. The summed E-state index contributed by atoms with van der Waals surface area (Å²) in [5.41, 5.74) is 3.58. The minimum Gasteiger partial charge on any atom is -0.497 e. The number of nitrogens with zero attached hydrogens (tertiary/aromatic N) is 2. The maximum Gasteiger partial charge on any atom is 0.256 e. The average Bonchev–Trinajstić information content (AvgIpc) is 2.89. The predicted octanol–water partition coefficient (Wildman–Crippen LogP) is 4.71. The Morgan fingerprint density at radius 3 is 2.58 bits per heavy atom. The molecule has 7 nitrogen and oxygen atoms in total. The van der Waals surface area contributed by atoms with Gasteiger partial charge in [0.05, 0.1) is 12.8 Å². The molecule has 0 aliphatic carbocycles. The Bertz CT molecular complexity index is 1200. The maximum atomic E-state index is 12.6. The molecule has 0 spiro atoms. The highest BCUT2D eigenvalue weighted by Crippen LogP contribution is 2.18. The molecule has 1 aromatic heterocycles. The van der Waals surface area contributed by atoms with Crippen molar-refractivity contribution in [1.29, 1.82) is 0 Å². The minimum absolute atomic E-state index is 0.127. The van der Waals surface area contributed by atoms with Gasteiger partial charge in [-0.1, -0.05) is 36.8 Å². The first-order chi connectivity index (χ1) is 17.6. The molecule has 0 amide bonds. The molecule has 4 rings (SSSR count). The van der Waals surface area contributed by atoms with Crippen LogP contribution in [0.1, 0.15) is 41.6 Å². The molecule has 2 N–H and O–H groups in total. The monoisotopic (exact) mass is 488 g/mol. The second-order valence-corrected chi connectivity index (χ2v) is 9.15. The van der Waals surface area contributed by atoms with Crippen LogP contribution in [-0.4, -0.2) is 48.2 Å². The molecular weight excluding hydrogens is 452 g/mol. The highest BCUT2D eigenvalue weighted by molar-refractivity contribution is 5.35. The lowest BCUT2D eigenvalue weighted by Gasteiger charge is -2.26. The average molecular weight is 489 g/mol. The molecule has 0 saturated carbocycles. The van der Waals surface area contributed by atoms with Gasteiger partial charge in [-0.15, -0.1) is 0 Å². The van der Waals surface area contributed by atoms with Crippen molar-refractivity contribution >= 4 is 5.95 Å². The van der Waals surface area contributed by atoms with E-state index in [4.69, 9.17) is 9.47 Å². The zero-order chi connectivity index (χ0) is 25.2. The Hall–Kier alpha value is -3.58. The van der Waals surface area contributed by atoms with Gasteiger partial charge in [-0.25, -0.2) is 4.98 Å². The van der Waals surface area contributed by atoms with Gasteiger partial charge in [0.25, 0.3) is 5.56 Å². The van der Waals surface area contributed by atoms with Gasteiger partial charge in [-0.05, 0) is 74.3 Å². The molecular formula is C29H36N4O3. The number of hydrogen-bond acceptors (Lipinski definition) is 6. The fourth-order valence-electron chi connectivity index (χ4n) is 4.41. The van der Waals surface area contributed by atoms with Crippen LogP contribution in [0.5, 0.6) is 11.5 Å². The van der Waals surface area contributed by atoms with Crippen molar-refractivity contribution in [1.82, 2.24) is 14.9 Å². The summed E-state index contributed by atoms with van der Waals surface area (Å²) in [5, 5.41) is 3.15. The van der Waals surface area contributed by atoms with Gasteiger partial charge in [-0.2, -0.15) is 0 Å². The van der Waals surface area contributed by atoms with Crippen LogP contribution in [0.3, 0.4) is 0 Å². The summed E-state index contributed by atoms with van der Waals surface area (Å²) in [7, 11) is 1.64. The minimum atomic E-state index is -0.127. The molecule has 0 unspecified atom stereocenters. The number of aromatic nitrogens is 2. The molecule has 0 bridgehead atoms. The zero-order valence-electron chi connectivity index (χ0n) is 21.3. The van der Waals surface area contributed by atoms with E-state index in [1.807, 2.05) is 49.4 Å². The normalized spacial score (nSPS) is 14.2. The Balaban J connectivity index is 1.23. The number of methoxy groups -OCH3 is 1. The first kappa shape index (κ1) is 25.5. The molecule has 2 aromatic carbocycles. The Kier molecular flexibility index (Phi) is 9.16. The summed E-state index contributed by atoms with van der Waals surface area (Å²) in [6, 6.07) is 16.1. The summed E-state index contributed by atoms with van der Waals surface area (Å²) in [4.78, 5) is 22.5. The number of benzene rings is 2. The number of piperidine rings is 1. The number of aryl methyl sites for hydroxylation is 1. The van der Waals surface area contributed by atoms with Crippen molar-refractivity contribution in [2.75, 3.05) is 38.7 Å². The van der Waals surface area contributed by atoms with E-state index in [2.05, 4.69) is 38.4 Å². The van der Waals surface area contributed by atoms with Crippen molar-refractivity contribution in [3.05, 3.63) is 93.4 Å². The molecule has 1 fully saturated rings. The quantitative estimate of drug-likeness (QED) is 0.381. The number of H-pyrrole nitrogens is 1. The van der Waals surface area contributed by atoms with Crippen molar-refractivity contribution in [2.24, 2.45) is 0 Å². The lowest BCUT2D eigenvalue weighted by molar-refractivity contribution is 0.220. The third-order valence-corrected chi connectivity index (χ3v) is 6.42. The Morgan fingerprint density at radius 1 is 1.03 bits per heavy atom. The third-order valence-electron chi connectivity index (χ3n) is 6.42. The van der Waals surface area contributed by atoms with Crippen molar-refractivity contribution in [3.63, 3.8) is 0 Å². The number of rotatable bonds is 11. The van der Waals surface area contributed by atoms with E-state index in [0.717, 1.165) is 23.6 Å². The first-order valence-electron chi connectivity index (χ1n) is 12.7. The van der Waals surface area contributed by atoms with Crippen LogP contribution in [0, 0.1) is 6.92 Å². The van der Waals surface area contributed by atoms with Gasteiger partial charge in [0.2, 0.25) is 5.95 Å². The number of aromatic amines is 1. The number of anilines is 1. The van der Waals surface area contributed by atoms with Crippen LogP contribution in [0.4, 0.5) is 5.95 Å². The van der Waals surface area contributed by atoms with Gasteiger partial charge in [0.1, 0.15) is 18.1 Å². The van der Waals surface area contributed by atoms with E-state index >= 15 is 0 Å². The van der Waals surface area contributed by atoms with E-state index in [1.165, 1.54) is 37.9 Å². The molecule has 0 atom stereocenters. The van der Waals surface area contributed by atoms with E-state index in [1.54, 1.807) is 7.11 Å². The van der Waals surface area contributed by atoms with E-state index in [-0.39, 0.29) is 5.56 Å². The largest absolute Gasteiger partial charge is 0.497 e. The summed E-state index contributed by atoms with van der Waals surface area (Å²) in [6.45, 7) is 6.25. The zero-order valence-corrected chi connectivity index (χ0v) is 21.3. The molecule has 36 heavy (non-hydrogen) atoms. The lowest BCUT2D eigenvalue weighted by atomic mass is 10.1. The van der Waals surface area contributed by atoms with Gasteiger partial charge >= 0.3 is 0 Å². The Morgan fingerprint density at radius 2 is 1.83 bits per heavy atom. The van der Waals surface area contributed by atoms with Crippen molar-refractivity contribution in [2.45, 2.75) is 39.2 Å². The summed E-state index contributed by atoms with van der Waals surface area (Å²) < 4.78 is 11.1. The number of likely N-dealkylation sites (tertiary alicyclic amines) is 1. The third kappa shape index (κ3) is 7.46. The van der Waals surface area contributed by atoms with Crippen LogP contribution in [-0.2, 0) is 13.0 Å². The molecule has 3 aromatic rings. The lowest BCUT2D eigenvalue weighted by Crippen LogP contribution is -2.29. The molecule has 7 heteroatoms. The van der Waals surface area contributed by atoms with Crippen LogP contribution in [0.25, 0.3) is 0 Å². The summed E-state index contributed by atoms with van der Waals surface area (Å²) >= 11 is 0. The number of ether oxygens (including phenoxy) is 2. The Labute approximate surface area is 213 Å². The molecule has 190 valence electrons. The molecule has 1 saturated heterocycles. The van der Waals surface area contributed by atoms with Gasteiger partial charge in [0, 0.05) is 25.1 Å².